The average Bonchev–Trinajstić information content (AvgIpc) is 2.96. The lowest BCUT2D eigenvalue weighted by molar-refractivity contribution is -0.128. The number of carbonyl (C=O) groups is 1. The Morgan fingerprint density at radius 1 is 1.16 bits per heavy atom. The van der Waals surface area contributed by atoms with E-state index in [0.29, 0.717) is 6.54 Å². The normalized spacial score (nSPS) is 25.7. The summed E-state index contributed by atoms with van der Waals surface area (Å²) < 4.78 is 6.03. The molecule has 0 saturated carbocycles. The van der Waals surface area contributed by atoms with Gasteiger partial charge in [0.2, 0.25) is 5.91 Å². The van der Waals surface area contributed by atoms with Crippen LogP contribution in [0.2, 0.25) is 0 Å². The summed E-state index contributed by atoms with van der Waals surface area (Å²) in [5.41, 5.74) is 2.18. The van der Waals surface area contributed by atoms with E-state index in [-0.39, 0.29) is 24.0 Å². The highest BCUT2D eigenvalue weighted by molar-refractivity contribution is 5.79. The maximum Gasteiger partial charge on any atom is 0.226 e. The molecule has 2 aliphatic heterocycles. The van der Waals surface area contributed by atoms with Crippen LogP contribution in [-0.2, 0) is 22.6 Å². The molecule has 1 aromatic carbocycles. The lowest BCUT2D eigenvalue weighted by Crippen LogP contribution is -2.45. The van der Waals surface area contributed by atoms with Crippen LogP contribution < -0.4 is 5.32 Å². The molecule has 0 radical (unpaired) electrons. The highest BCUT2D eigenvalue weighted by Crippen LogP contribution is 2.32. The molecule has 1 amide bonds. The van der Waals surface area contributed by atoms with Crippen molar-refractivity contribution in [2.45, 2.75) is 31.7 Å². The third-order valence-electron chi connectivity index (χ3n) is 4.99. The minimum absolute atomic E-state index is 0.0155. The van der Waals surface area contributed by atoms with E-state index in [9.17, 15) is 4.79 Å². The molecule has 2 aliphatic rings. The van der Waals surface area contributed by atoms with Crippen LogP contribution in [0.25, 0.3) is 0 Å². The lowest BCUT2D eigenvalue weighted by atomic mass is 9.99. The summed E-state index contributed by atoms with van der Waals surface area (Å²) in [6.07, 6.45) is 2.77. The summed E-state index contributed by atoms with van der Waals surface area (Å²) in [6, 6.07) is 16.0. The molecule has 5 nitrogen and oxygen atoms in total. The van der Waals surface area contributed by atoms with Gasteiger partial charge < -0.3 is 10.1 Å². The predicted octanol–water partition coefficient (Wildman–Crippen LogP) is 1.99. The topological polar surface area (TPSA) is 54.5 Å². The number of benzene rings is 1. The summed E-state index contributed by atoms with van der Waals surface area (Å²) in [5, 5.41) is 3.07. The van der Waals surface area contributed by atoms with Crippen molar-refractivity contribution in [2.24, 2.45) is 5.92 Å². The van der Waals surface area contributed by atoms with Gasteiger partial charge in [-0.3, -0.25) is 14.7 Å². The van der Waals surface area contributed by atoms with Crippen molar-refractivity contribution in [1.29, 1.82) is 0 Å². The Balaban J connectivity index is 1.33. The van der Waals surface area contributed by atoms with Gasteiger partial charge in [0.15, 0.2) is 0 Å². The standard InChI is InChI=1S/C20H23N3O2/c24-20(22-11-15-6-2-1-3-7-15)18-10-17-13-23(14-19(18)25-17)12-16-8-4-5-9-21-16/h1-9,17-19H,10-14H2,(H,22,24)/t17-,18-,19+/m0/s1. The monoisotopic (exact) mass is 337 g/mol. The lowest BCUT2D eigenvalue weighted by Gasteiger charge is -2.32. The van der Waals surface area contributed by atoms with Crippen molar-refractivity contribution in [2.75, 3.05) is 13.1 Å². The first-order chi connectivity index (χ1) is 12.3. The van der Waals surface area contributed by atoms with Crippen LogP contribution in [0.5, 0.6) is 0 Å². The van der Waals surface area contributed by atoms with Crippen LogP contribution in [0.1, 0.15) is 17.7 Å². The molecule has 25 heavy (non-hydrogen) atoms. The predicted molar refractivity (Wildman–Crippen MR) is 94.6 cm³/mol. The second kappa shape index (κ2) is 7.33. The molecule has 2 fully saturated rings. The highest BCUT2D eigenvalue weighted by Gasteiger charge is 2.44. The second-order valence-corrected chi connectivity index (χ2v) is 6.86. The number of aromatic nitrogens is 1. The Hall–Kier alpha value is -2.24. The number of hydrogen-bond acceptors (Lipinski definition) is 4. The number of nitrogens with zero attached hydrogens (tertiary/aromatic N) is 2. The van der Waals surface area contributed by atoms with Gasteiger partial charge in [-0.1, -0.05) is 36.4 Å². The van der Waals surface area contributed by atoms with Gasteiger partial charge in [-0.25, -0.2) is 0 Å². The number of carbonyl (C=O) groups excluding carboxylic acids is 1. The number of morpholine rings is 1. The molecule has 0 aliphatic carbocycles. The van der Waals surface area contributed by atoms with Crippen LogP contribution in [0.4, 0.5) is 0 Å². The van der Waals surface area contributed by atoms with Crippen molar-refractivity contribution in [3.8, 4) is 0 Å². The highest BCUT2D eigenvalue weighted by atomic mass is 16.5. The summed E-state index contributed by atoms with van der Waals surface area (Å²) in [4.78, 5) is 19.4. The number of ether oxygens (including phenoxy) is 1. The van der Waals surface area contributed by atoms with E-state index in [4.69, 9.17) is 4.74 Å². The molecule has 1 N–H and O–H groups in total. The SMILES string of the molecule is O=C(NCc1ccccc1)[C@H]1C[C@H]2CN(Cc3ccccn3)C[C@H]1O2. The molecular formula is C20H23N3O2. The zero-order valence-corrected chi connectivity index (χ0v) is 14.2. The summed E-state index contributed by atoms with van der Waals surface area (Å²) in [6.45, 7) is 3.05. The maximum atomic E-state index is 12.6. The van der Waals surface area contributed by atoms with Crippen molar-refractivity contribution in [3.05, 3.63) is 66.0 Å². The smallest absolute Gasteiger partial charge is 0.226 e. The van der Waals surface area contributed by atoms with E-state index >= 15 is 0 Å². The Bertz CT molecular complexity index is 707. The van der Waals surface area contributed by atoms with Crippen molar-refractivity contribution in [3.63, 3.8) is 0 Å². The molecule has 2 saturated heterocycles. The number of pyridine rings is 1. The van der Waals surface area contributed by atoms with Crippen LogP contribution >= 0.6 is 0 Å². The van der Waals surface area contributed by atoms with E-state index in [1.807, 2.05) is 54.7 Å². The Labute approximate surface area is 148 Å². The number of amides is 1. The van der Waals surface area contributed by atoms with E-state index in [2.05, 4.69) is 15.2 Å². The second-order valence-electron chi connectivity index (χ2n) is 6.86. The van der Waals surface area contributed by atoms with Gasteiger partial charge in [0, 0.05) is 32.4 Å². The molecule has 4 rings (SSSR count). The van der Waals surface area contributed by atoms with Crippen LogP contribution in [0.15, 0.2) is 54.7 Å². The third-order valence-corrected chi connectivity index (χ3v) is 4.99. The number of hydrogen-bond donors (Lipinski definition) is 1. The number of fused-ring (bicyclic) bond motifs is 2. The third kappa shape index (κ3) is 3.89. The first kappa shape index (κ1) is 16.2. The fourth-order valence-corrected chi connectivity index (χ4v) is 3.78. The zero-order chi connectivity index (χ0) is 17.1. The van der Waals surface area contributed by atoms with Gasteiger partial charge >= 0.3 is 0 Å². The molecule has 2 bridgehead atoms. The molecular weight excluding hydrogens is 314 g/mol. The molecule has 0 unspecified atom stereocenters. The zero-order valence-electron chi connectivity index (χ0n) is 14.2. The van der Waals surface area contributed by atoms with Crippen LogP contribution in [-0.4, -0.2) is 41.1 Å². The Morgan fingerprint density at radius 2 is 2.00 bits per heavy atom. The molecule has 0 spiro atoms. The Morgan fingerprint density at radius 3 is 2.80 bits per heavy atom. The summed E-state index contributed by atoms with van der Waals surface area (Å²) in [7, 11) is 0. The fraction of sp³-hybridized carbons (Fsp3) is 0.400. The van der Waals surface area contributed by atoms with Gasteiger partial charge in [-0.2, -0.15) is 0 Å². The Kier molecular flexibility index (Phi) is 4.76. The average molecular weight is 337 g/mol. The van der Waals surface area contributed by atoms with Crippen molar-refractivity contribution < 1.29 is 9.53 Å². The first-order valence-electron chi connectivity index (χ1n) is 8.87. The minimum Gasteiger partial charge on any atom is -0.371 e. The van der Waals surface area contributed by atoms with Gasteiger partial charge in [0.1, 0.15) is 0 Å². The van der Waals surface area contributed by atoms with E-state index in [1.165, 1.54) is 0 Å². The van der Waals surface area contributed by atoms with Gasteiger partial charge in [0.05, 0.1) is 23.8 Å². The summed E-state index contributed by atoms with van der Waals surface area (Å²) in [5.74, 6) is 0.0542. The molecule has 1 aromatic heterocycles. The van der Waals surface area contributed by atoms with Gasteiger partial charge in [-0.05, 0) is 24.1 Å². The van der Waals surface area contributed by atoms with Crippen LogP contribution in [0.3, 0.4) is 0 Å². The molecule has 5 heteroatoms. The number of rotatable bonds is 5. The molecule has 3 heterocycles. The minimum atomic E-state index is -0.0533. The largest absolute Gasteiger partial charge is 0.371 e. The van der Waals surface area contributed by atoms with E-state index < -0.39 is 0 Å². The van der Waals surface area contributed by atoms with Crippen LogP contribution in [0, 0.1) is 5.92 Å². The summed E-state index contributed by atoms with van der Waals surface area (Å²) >= 11 is 0. The maximum absolute atomic E-state index is 12.6. The molecule has 130 valence electrons. The van der Waals surface area contributed by atoms with E-state index in [0.717, 1.165) is 37.3 Å². The van der Waals surface area contributed by atoms with E-state index in [1.54, 1.807) is 0 Å². The number of likely N-dealkylation sites (tertiary alicyclic amines) is 1. The van der Waals surface area contributed by atoms with Crippen molar-refractivity contribution in [1.82, 2.24) is 15.2 Å². The van der Waals surface area contributed by atoms with Gasteiger partial charge in [0.25, 0.3) is 0 Å². The van der Waals surface area contributed by atoms with Crippen molar-refractivity contribution >= 4 is 5.91 Å². The molecule has 2 aromatic rings. The van der Waals surface area contributed by atoms with Gasteiger partial charge in [-0.15, -0.1) is 0 Å². The first-order valence-corrected chi connectivity index (χ1v) is 8.87. The number of nitrogens with one attached hydrogen (secondary N) is 1. The fourth-order valence-electron chi connectivity index (χ4n) is 3.78. The molecule has 3 atom stereocenters. The quantitative estimate of drug-likeness (QED) is 0.907.